The fraction of sp³-hybridized carbons (Fsp3) is 0.444. The van der Waals surface area contributed by atoms with Crippen molar-refractivity contribution in [1.29, 1.82) is 0 Å². The first-order valence-electron chi connectivity index (χ1n) is 8.25. The molecule has 122 valence electrons. The molecule has 2 rings (SSSR count). The Bertz CT molecular complexity index is 615. The van der Waals surface area contributed by atoms with Crippen molar-refractivity contribution in [2.24, 2.45) is 0 Å². The van der Waals surface area contributed by atoms with Crippen LogP contribution in [-0.2, 0) is 6.42 Å². The van der Waals surface area contributed by atoms with Crippen molar-refractivity contribution in [2.45, 2.75) is 52.0 Å². The van der Waals surface area contributed by atoms with Gasteiger partial charge in [0, 0.05) is 18.6 Å². The van der Waals surface area contributed by atoms with Crippen molar-refractivity contribution in [2.75, 3.05) is 0 Å². The maximum atomic E-state index is 12.7. The summed E-state index contributed by atoms with van der Waals surface area (Å²) >= 11 is 0. The summed E-state index contributed by atoms with van der Waals surface area (Å²) < 4.78 is 0. The Morgan fingerprint density at radius 1 is 1.22 bits per heavy atom. The summed E-state index contributed by atoms with van der Waals surface area (Å²) in [6, 6.07) is 3.86. The molecule has 2 aromatic rings. The fourth-order valence-corrected chi connectivity index (χ4v) is 2.53. The van der Waals surface area contributed by atoms with Crippen LogP contribution in [-0.4, -0.2) is 20.9 Å². The van der Waals surface area contributed by atoms with Gasteiger partial charge in [-0.1, -0.05) is 39.2 Å². The average molecular weight is 312 g/mol. The topological polar surface area (TPSA) is 67.8 Å². The molecule has 1 atom stereocenters. The number of pyridine rings is 1. The van der Waals surface area contributed by atoms with Gasteiger partial charge in [0.05, 0.1) is 17.3 Å². The van der Waals surface area contributed by atoms with Gasteiger partial charge in [0.15, 0.2) is 0 Å². The summed E-state index contributed by atoms with van der Waals surface area (Å²) in [5, 5.41) is 3.12. The summed E-state index contributed by atoms with van der Waals surface area (Å²) in [6.45, 7) is 4.22. The van der Waals surface area contributed by atoms with Crippen molar-refractivity contribution in [3.8, 4) is 0 Å². The van der Waals surface area contributed by atoms with E-state index in [1.807, 2.05) is 18.3 Å². The molecular weight excluding hydrogens is 288 g/mol. The summed E-state index contributed by atoms with van der Waals surface area (Å²) in [7, 11) is 0. The van der Waals surface area contributed by atoms with Gasteiger partial charge in [-0.15, -0.1) is 0 Å². The number of carbonyl (C=O) groups excluding carboxylic acids is 1. The molecule has 0 saturated carbocycles. The van der Waals surface area contributed by atoms with Crippen LogP contribution in [0.25, 0.3) is 0 Å². The molecule has 0 aromatic carbocycles. The maximum absolute atomic E-state index is 12.7. The van der Waals surface area contributed by atoms with Gasteiger partial charge in [0.2, 0.25) is 0 Å². The van der Waals surface area contributed by atoms with E-state index in [1.54, 1.807) is 12.4 Å². The fourth-order valence-electron chi connectivity index (χ4n) is 2.53. The van der Waals surface area contributed by atoms with E-state index in [9.17, 15) is 4.79 Å². The number of nitrogens with one attached hydrogen (secondary N) is 1. The molecule has 0 aliphatic heterocycles. The Morgan fingerprint density at radius 2 is 2.09 bits per heavy atom. The molecule has 5 nitrogen and oxygen atoms in total. The number of aromatic nitrogens is 3. The molecule has 1 amide bonds. The van der Waals surface area contributed by atoms with Crippen LogP contribution in [0.1, 0.15) is 67.2 Å². The van der Waals surface area contributed by atoms with E-state index >= 15 is 0 Å². The molecule has 2 aromatic heterocycles. The molecule has 2 heterocycles. The van der Waals surface area contributed by atoms with Gasteiger partial charge >= 0.3 is 0 Å². The quantitative estimate of drug-likeness (QED) is 0.810. The zero-order valence-electron chi connectivity index (χ0n) is 13.8. The van der Waals surface area contributed by atoms with E-state index in [1.165, 1.54) is 6.33 Å². The van der Waals surface area contributed by atoms with E-state index < -0.39 is 0 Å². The lowest BCUT2D eigenvalue weighted by Crippen LogP contribution is -2.30. The highest BCUT2D eigenvalue weighted by Gasteiger charge is 2.18. The first kappa shape index (κ1) is 17.1. The van der Waals surface area contributed by atoms with Gasteiger partial charge in [-0.05, 0) is 24.5 Å². The van der Waals surface area contributed by atoms with E-state index in [4.69, 9.17) is 0 Å². The third kappa shape index (κ3) is 4.84. The molecule has 0 fully saturated rings. The predicted octanol–water partition coefficient (Wildman–Crippen LogP) is 3.49. The van der Waals surface area contributed by atoms with Crippen LogP contribution in [0, 0.1) is 0 Å². The van der Waals surface area contributed by atoms with E-state index in [-0.39, 0.29) is 11.9 Å². The zero-order chi connectivity index (χ0) is 16.5. The number of unbranched alkanes of at least 4 members (excludes halogenated alkanes) is 1. The number of rotatable bonds is 8. The first-order valence-corrected chi connectivity index (χ1v) is 8.25. The van der Waals surface area contributed by atoms with E-state index in [2.05, 4.69) is 34.1 Å². The highest BCUT2D eigenvalue weighted by Crippen LogP contribution is 2.19. The molecule has 0 saturated heterocycles. The molecule has 1 N–H and O–H groups in total. The van der Waals surface area contributed by atoms with Crippen LogP contribution in [0.5, 0.6) is 0 Å². The lowest BCUT2D eigenvalue weighted by Gasteiger charge is -2.19. The third-order valence-corrected chi connectivity index (χ3v) is 3.76. The minimum atomic E-state index is -0.112. The normalized spacial score (nSPS) is 11.9. The summed E-state index contributed by atoms with van der Waals surface area (Å²) in [5.74, 6) is -0.112. The molecule has 0 aliphatic rings. The molecule has 0 aliphatic carbocycles. The minimum Gasteiger partial charge on any atom is -0.345 e. The smallest absolute Gasteiger partial charge is 0.255 e. The number of carbonyl (C=O) groups is 1. The summed E-state index contributed by atoms with van der Waals surface area (Å²) in [6.07, 6.45) is 11.4. The number of amides is 1. The third-order valence-electron chi connectivity index (χ3n) is 3.76. The molecule has 5 heteroatoms. The second kappa shape index (κ2) is 8.98. The highest BCUT2D eigenvalue weighted by molar-refractivity contribution is 5.95. The molecule has 0 bridgehead atoms. The van der Waals surface area contributed by atoms with Crippen molar-refractivity contribution in [3.63, 3.8) is 0 Å². The van der Waals surface area contributed by atoms with Crippen LogP contribution >= 0.6 is 0 Å². The van der Waals surface area contributed by atoms with Gasteiger partial charge in [-0.25, -0.2) is 9.97 Å². The monoisotopic (exact) mass is 312 g/mol. The van der Waals surface area contributed by atoms with Crippen molar-refractivity contribution in [3.05, 3.63) is 53.9 Å². The largest absolute Gasteiger partial charge is 0.345 e. The van der Waals surface area contributed by atoms with Crippen molar-refractivity contribution >= 4 is 5.91 Å². The number of nitrogens with zero attached hydrogens (tertiary/aromatic N) is 3. The number of hydrogen-bond donors (Lipinski definition) is 1. The Balaban J connectivity index is 2.17. The van der Waals surface area contributed by atoms with Crippen molar-refractivity contribution in [1.82, 2.24) is 20.3 Å². The number of aryl methyl sites for hydroxylation is 1. The molecule has 0 spiro atoms. The Morgan fingerprint density at radius 3 is 2.78 bits per heavy atom. The first-order chi connectivity index (χ1) is 11.3. The van der Waals surface area contributed by atoms with E-state index in [0.29, 0.717) is 5.56 Å². The molecule has 0 unspecified atom stereocenters. The molecule has 0 radical (unpaired) electrons. The van der Waals surface area contributed by atoms with Crippen LogP contribution in [0.15, 0.2) is 37.1 Å². The van der Waals surface area contributed by atoms with Gasteiger partial charge in [0.1, 0.15) is 6.33 Å². The highest BCUT2D eigenvalue weighted by atomic mass is 16.1. The average Bonchev–Trinajstić information content (AvgIpc) is 2.60. The van der Waals surface area contributed by atoms with Crippen LogP contribution in [0.2, 0.25) is 0 Å². The van der Waals surface area contributed by atoms with E-state index in [0.717, 1.165) is 43.4 Å². The Hall–Kier alpha value is -2.30. The number of hydrogen-bond acceptors (Lipinski definition) is 4. The Labute approximate surface area is 137 Å². The Kier molecular flexibility index (Phi) is 6.66. The van der Waals surface area contributed by atoms with Crippen LogP contribution in [0.4, 0.5) is 0 Å². The standard InChI is InChI=1S/C18H24N4O/c1-3-5-9-16(14-8-6-10-19-11-14)22-18(23)15-12-20-13-21-17(15)7-4-2/h6,8,10-13,16H,3-5,7,9H2,1-2H3,(H,22,23)/t16-/m0/s1. The molecule has 23 heavy (non-hydrogen) atoms. The SMILES string of the molecule is CCCC[C@H](NC(=O)c1cncnc1CCC)c1cccnc1. The second-order valence-corrected chi connectivity index (χ2v) is 5.59. The lowest BCUT2D eigenvalue weighted by atomic mass is 10.0. The maximum Gasteiger partial charge on any atom is 0.255 e. The summed E-state index contributed by atoms with van der Waals surface area (Å²) in [5.41, 5.74) is 2.41. The van der Waals surface area contributed by atoms with Crippen LogP contribution < -0.4 is 5.32 Å². The van der Waals surface area contributed by atoms with Gasteiger partial charge in [-0.2, -0.15) is 0 Å². The molecular formula is C18H24N4O. The van der Waals surface area contributed by atoms with Crippen molar-refractivity contribution < 1.29 is 4.79 Å². The second-order valence-electron chi connectivity index (χ2n) is 5.59. The lowest BCUT2D eigenvalue weighted by molar-refractivity contribution is 0.0932. The van der Waals surface area contributed by atoms with Gasteiger partial charge in [0.25, 0.3) is 5.91 Å². The zero-order valence-corrected chi connectivity index (χ0v) is 13.8. The minimum absolute atomic E-state index is 0.0363. The van der Waals surface area contributed by atoms with Gasteiger partial charge < -0.3 is 5.32 Å². The predicted molar refractivity (Wildman–Crippen MR) is 90.0 cm³/mol. The van der Waals surface area contributed by atoms with Crippen LogP contribution in [0.3, 0.4) is 0 Å². The summed E-state index contributed by atoms with van der Waals surface area (Å²) in [4.78, 5) is 25.1. The van der Waals surface area contributed by atoms with Gasteiger partial charge in [-0.3, -0.25) is 9.78 Å².